The Morgan fingerprint density at radius 2 is 2.14 bits per heavy atom. The fourth-order valence-corrected chi connectivity index (χ4v) is 1.69. The first kappa shape index (κ1) is 11.5. The minimum absolute atomic E-state index is 0.243. The van der Waals surface area contributed by atoms with Gasteiger partial charge >= 0.3 is 0 Å². The molecule has 0 spiro atoms. The van der Waals surface area contributed by atoms with Crippen LogP contribution in [0.25, 0.3) is 0 Å². The lowest BCUT2D eigenvalue weighted by Gasteiger charge is -2.38. The number of amides is 1. The van der Waals surface area contributed by atoms with E-state index < -0.39 is 0 Å². The van der Waals surface area contributed by atoms with E-state index in [2.05, 4.69) is 6.92 Å². The Morgan fingerprint density at radius 1 is 1.50 bits per heavy atom. The number of rotatable bonds is 1. The highest BCUT2D eigenvalue weighted by molar-refractivity contribution is 5.81. The Hall–Kier alpha value is -0.570. The summed E-state index contributed by atoms with van der Waals surface area (Å²) >= 11 is 0. The fourth-order valence-electron chi connectivity index (χ4n) is 1.69. The maximum Gasteiger partial charge on any atom is 0.228 e. The van der Waals surface area contributed by atoms with Crippen molar-refractivity contribution in [1.29, 1.82) is 0 Å². The summed E-state index contributed by atoms with van der Waals surface area (Å²) in [5.74, 6) is 0.243. The van der Waals surface area contributed by atoms with E-state index in [1.54, 1.807) is 0 Å². The van der Waals surface area contributed by atoms with E-state index in [1.807, 2.05) is 25.7 Å². The van der Waals surface area contributed by atoms with Gasteiger partial charge < -0.3 is 9.64 Å². The number of carbonyl (C=O) groups is 1. The molecule has 14 heavy (non-hydrogen) atoms. The molecule has 0 saturated carbocycles. The molecular weight excluding hydrogens is 178 g/mol. The van der Waals surface area contributed by atoms with Gasteiger partial charge in [0.15, 0.2) is 0 Å². The zero-order valence-corrected chi connectivity index (χ0v) is 9.67. The standard InChI is InChI=1S/C11H21NO2/c1-5-9-8-14-7-6-12(9)10(13)11(2,3)4/h9H,5-8H2,1-4H3. The lowest BCUT2D eigenvalue weighted by molar-refractivity contribution is -0.148. The van der Waals surface area contributed by atoms with Crippen molar-refractivity contribution in [3.8, 4) is 0 Å². The average molecular weight is 199 g/mol. The second-order valence-corrected chi connectivity index (χ2v) is 4.89. The van der Waals surface area contributed by atoms with Gasteiger partial charge in [-0.05, 0) is 6.42 Å². The number of hydrogen-bond acceptors (Lipinski definition) is 2. The Bertz CT molecular complexity index is 208. The summed E-state index contributed by atoms with van der Waals surface area (Å²) in [6, 6.07) is 0.274. The number of hydrogen-bond donors (Lipinski definition) is 0. The van der Waals surface area contributed by atoms with Gasteiger partial charge in [-0.15, -0.1) is 0 Å². The van der Waals surface area contributed by atoms with Gasteiger partial charge in [-0.25, -0.2) is 0 Å². The molecular formula is C11H21NO2. The zero-order chi connectivity index (χ0) is 10.8. The molecule has 0 radical (unpaired) electrons. The van der Waals surface area contributed by atoms with E-state index in [9.17, 15) is 4.79 Å². The van der Waals surface area contributed by atoms with Crippen molar-refractivity contribution in [1.82, 2.24) is 4.90 Å². The van der Waals surface area contributed by atoms with Crippen molar-refractivity contribution in [2.45, 2.75) is 40.2 Å². The fraction of sp³-hybridized carbons (Fsp3) is 0.909. The predicted octanol–water partition coefficient (Wildman–Crippen LogP) is 1.67. The van der Waals surface area contributed by atoms with Crippen LogP contribution in [0, 0.1) is 5.41 Å². The van der Waals surface area contributed by atoms with E-state index in [1.165, 1.54) is 0 Å². The normalized spacial score (nSPS) is 23.7. The van der Waals surface area contributed by atoms with Crippen molar-refractivity contribution >= 4 is 5.91 Å². The summed E-state index contributed by atoms with van der Waals surface area (Å²) in [5, 5.41) is 0. The largest absolute Gasteiger partial charge is 0.377 e. The molecule has 0 aromatic rings. The van der Waals surface area contributed by atoms with Gasteiger partial charge in [-0.3, -0.25) is 4.79 Å². The van der Waals surface area contributed by atoms with Crippen molar-refractivity contribution in [2.75, 3.05) is 19.8 Å². The summed E-state index contributed by atoms with van der Waals surface area (Å²) in [6.07, 6.45) is 0.974. The maximum atomic E-state index is 12.1. The van der Waals surface area contributed by atoms with Crippen LogP contribution in [0.3, 0.4) is 0 Å². The lowest BCUT2D eigenvalue weighted by atomic mass is 9.93. The molecule has 1 atom stereocenters. The van der Waals surface area contributed by atoms with E-state index in [0.29, 0.717) is 13.2 Å². The Labute approximate surface area is 86.4 Å². The SMILES string of the molecule is CCC1COCCN1C(=O)C(C)(C)C. The van der Waals surface area contributed by atoms with Crippen molar-refractivity contribution in [3.05, 3.63) is 0 Å². The summed E-state index contributed by atoms with van der Waals surface area (Å²) < 4.78 is 5.37. The number of ether oxygens (including phenoxy) is 1. The molecule has 0 aliphatic carbocycles. The third-order valence-electron chi connectivity index (χ3n) is 2.60. The Kier molecular flexibility index (Phi) is 3.53. The highest BCUT2D eigenvalue weighted by Gasteiger charge is 2.32. The van der Waals surface area contributed by atoms with Crippen molar-refractivity contribution in [3.63, 3.8) is 0 Å². The molecule has 3 nitrogen and oxygen atoms in total. The highest BCUT2D eigenvalue weighted by atomic mass is 16.5. The zero-order valence-electron chi connectivity index (χ0n) is 9.67. The topological polar surface area (TPSA) is 29.5 Å². The summed E-state index contributed by atoms with van der Waals surface area (Å²) in [5.41, 5.74) is -0.273. The maximum absolute atomic E-state index is 12.1. The van der Waals surface area contributed by atoms with Crippen LogP contribution in [-0.2, 0) is 9.53 Å². The molecule has 82 valence electrons. The molecule has 0 N–H and O–H groups in total. The predicted molar refractivity (Wildman–Crippen MR) is 56.1 cm³/mol. The number of morpholine rings is 1. The lowest BCUT2D eigenvalue weighted by Crippen LogP contribution is -2.52. The van der Waals surface area contributed by atoms with Crippen LogP contribution in [0.4, 0.5) is 0 Å². The Balaban J connectivity index is 2.69. The van der Waals surface area contributed by atoms with Crippen molar-refractivity contribution < 1.29 is 9.53 Å². The van der Waals surface area contributed by atoms with Crippen molar-refractivity contribution in [2.24, 2.45) is 5.41 Å². The van der Waals surface area contributed by atoms with Gasteiger partial charge in [0.05, 0.1) is 19.3 Å². The average Bonchev–Trinajstić information content (AvgIpc) is 2.15. The first-order valence-electron chi connectivity index (χ1n) is 5.35. The molecule has 1 unspecified atom stereocenters. The van der Waals surface area contributed by atoms with E-state index in [4.69, 9.17) is 4.74 Å². The second-order valence-electron chi connectivity index (χ2n) is 4.89. The molecule has 1 aliphatic heterocycles. The molecule has 0 aromatic heterocycles. The van der Waals surface area contributed by atoms with Gasteiger partial charge in [-0.2, -0.15) is 0 Å². The minimum Gasteiger partial charge on any atom is -0.377 e. The first-order valence-corrected chi connectivity index (χ1v) is 5.35. The van der Waals surface area contributed by atoms with Crippen LogP contribution in [0.2, 0.25) is 0 Å². The van der Waals surface area contributed by atoms with E-state index >= 15 is 0 Å². The molecule has 1 saturated heterocycles. The monoisotopic (exact) mass is 199 g/mol. The molecule has 1 amide bonds. The minimum atomic E-state index is -0.273. The third-order valence-corrected chi connectivity index (χ3v) is 2.60. The highest BCUT2D eigenvalue weighted by Crippen LogP contribution is 2.21. The molecule has 0 aromatic carbocycles. The number of carbonyl (C=O) groups excluding carboxylic acids is 1. The van der Waals surface area contributed by atoms with Gasteiger partial charge in [0.2, 0.25) is 5.91 Å². The van der Waals surface area contributed by atoms with Crippen LogP contribution >= 0.6 is 0 Å². The van der Waals surface area contributed by atoms with Crippen LogP contribution in [-0.4, -0.2) is 36.6 Å². The van der Waals surface area contributed by atoms with Gasteiger partial charge in [-0.1, -0.05) is 27.7 Å². The van der Waals surface area contributed by atoms with E-state index in [-0.39, 0.29) is 17.4 Å². The van der Waals surface area contributed by atoms with Crippen LogP contribution in [0.1, 0.15) is 34.1 Å². The second kappa shape index (κ2) is 4.30. The molecule has 1 heterocycles. The van der Waals surface area contributed by atoms with Crippen LogP contribution in [0.5, 0.6) is 0 Å². The van der Waals surface area contributed by atoms with E-state index in [0.717, 1.165) is 13.0 Å². The van der Waals surface area contributed by atoms with Gasteiger partial charge in [0, 0.05) is 12.0 Å². The Morgan fingerprint density at radius 3 is 2.64 bits per heavy atom. The number of nitrogens with zero attached hydrogens (tertiary/aromatic N) is 1. The van der Waals surface area contributed by atoms with Gasteiger partial charge in [0.1, 0.15) is 0 Å². The molecule has 1 fully saturated rings. The summed E-state index contributed by atoms with van der Waals surface area (Å²) in [4.78, 5) is 14.0. The summed E-state index contributed by atoms with van der Waals surface area (Å²) in [6.45, 7) is 10.1. The van der Waals surface area contributed by atoms with Crippen LogP contribution in [0.15, 0.2) is 0 Å². The quantitative estimate of drug-likeness (QED) is 0.643. The van der Waals surface area contributed by atoms with Gasteiger partial charge in [0.25, 0.3) is 0 Å². The van der Waals surface area contributed by atoms with Crippen LogP contribution < -0.4 is 0 Å². The smallest absolute Gasteiger partial charge is 0.228 e. The molecule has 3 heteroatoms. The third kappa shape index (κ3) is 2.47. The molecule has 1 rings (SSSR count). The summed E-state index contributed by atoms with van der Waals surface area (Å²) in [7, 11) is 0. The molecule has 1 aliphatic rings. The first-order chi connectivity index (χ1) is 6.46. The molecule has 0 bridgehead atoms.